The Morgan fingerprint density at radius 1 is 1.10 bits per heavy atom. The molecule has 0 radical (unpaired) electrons. The number of carbonyl (C=O) groups excluding carboxylic acids is 1. The maximum Gasteiger partial charge on any atom is 0.335 e. The molecule has 0 saturated carbocycles. The summed E-state index contributed by atoms with van der Waals surface area (Å²) < 4.78 is 23.2. The highest BCUT2D eigenvalue weighted by Gasteiger charge is 2.24. The first-order valence-corrected chi connectivity index (χ1v) is 12.2. The smallest absolute Gasteiger partial charge is 0.335 e. The third-order valence-electron chi connectivity index (χ3n) is 4.50. The second kappa shape index (κ2) is 14.1. The van der Waals surface area contributed by atoms with Gasteiger partial charge >= 0.3 is 13.6 Å². The minimum Gasteiger partial charge on any atom is -0.480 e. The maximum atomic E-state index is 12.6. The van der Waals surface area contributed by atoms with Gasteiger partial charge in [0.1, 0.15) is 6.04 Å². The molecule has 0 saturated heterocycles. The molecule has 0 aliphatic heterocycles. The van der Waals surface area contributed by atoms with E-state index in [0.717, 1.165) is 32.1 Å². The molecule has 0 fully saturated rings. The molecule has 1 amide bonds. The van der Waals surface area contributed by atoms with Gasteiger partial charge in [-0.2, -0.15) is 0 Å². The fourth-order valence-electron chi connectivity index (χ4n) is 3.00. The first-order valence-electron chi connectivity index (χ1n) is 10.5. The number of carbonyl (C=O) groups is 2. The largest absolute Gasteiger partial charge is 0.480 e. The molecule has 7 nitrogen and oxygen atoms in total. The Morgan fingerprint density at radius 2 is 1.70 bits per heavy atom. The lowest BCUT2D eigenvalue weighted by atomic mass is 10.1. The van der Waals surface area contributed by atoms with E-state index >= 15 is 0 Å². The molecule has 0 aromatic heterocycles. The van der Waals surface area contributed by atoms with E-state index < -0.39 is 25.5 Å². The highest BCUT2D eigenvalue weighted by atomic mass is 31.2. The minimum atomic E-state index is -3.22. The average Bonchev–Trinajstić information content (AvgIpc) is 2.70. The van der Waals surface area contributed by atoms with Gasteiger partial charge in [-0.1, -0.05) is 37.5 Å². The molecule has 8 heteroatoms. The zero-order chi connectivity index (χ0) is 22.4. The van der Waals surface area contributed by atoms with Crippen LogP contribution in [0.15, 0.2) is 36.9 Å². The van der Waals surface area contributed by atoms with Crippen molar-refractivity contribution in [2.75, 3.05) is 13.2 Å². The summed E-state index contributed by atoms with van der Waals surface area (Å²) in [5.41, 5.74) is 1.06. The van der Waals surface area contributed by atoms with Crippen LogP contribution in [-0.2, 0) is 24.6 Å². The molecule has 1 rings (SSSR count). The van der Waals surface area contributed by atoms with Crippen molar-refractivity contribution in [3.05, 3.63) is 48.0 Å². The van der Waals surface area contributed by atoms with Gasteiger partial charge in [0.2, 0.25) is 0 Å². The van der Waals surface area contributed by atoms with Crippen molar-refractivity contribution in [1.29, 1.82) is 0 Å². The van der Waals surface area contributed by atoms with Gasteiger partial charge in [0.05, 0.1) is 19.4 Å². The number of rotatable bonds is 16. The topological polar surface area (TPSA) is 102 Å². The quantitative estimate of drug-likeness (QED) is 0.209. The Balaban J connectivity index is 2.63. The number of hydrogen-bond acceptors (Lipinski definition) is 5. The lowest BCUT2D eigenvalue weighted by Gasteiger charge is -2.17. The van der Waals surface area contributed by atoms with Crippen LogP contribution in [0.2, 0.25) is 0 Å². The van der Waals surface area contributed by atoms with Crippen molar-refractivity contribution < 1.29 is 28.3 Å². The van der Waals surface area contributed by atoms with Crippen molar-refractivity contribution in [3.63, 3.8) is 0 Å². The molecule has 2 N–H and O–H groups in total. The van der Waals surface area contributed by atoms with Crippen LogP contribution in [0.5, 0.6) is 0 Å². The molecular formula is C22H34NO6P. The van der Waals surface area contributed by atoms with E-state index in [0.29, 0.717) is 17.5 Å². The predicted molar refractivity (Wildman–Crippen MR) is 118 cm³/mol. The van der Waals surface area contributed by atoms with Crippen LogP contribution in [0.25, 0.3) is 0 Å². The van der Waals surface area contributed by atoms with Gasteiger partial charge in [-0.3, -0.25) is 9.36 Å². The van der Waals surface area contributed by atoms with Gasteiger partial charge in [-0.25, -0.2) is 4.79 Å². The monoisotopic (exact) mass is 439 g/mol. The molecule has 0 aliphatic rings. The molecule has 0 bridgehead atoms. The summed E-state index contributed by atoms with van der Waals surface area (Å²) in [6.45, 7) is 7.74. The van der Waals surface area contributed by atoms with E-state index in [1.54, 1.807) is 38.1 Å². The molecular weight excluding hydrogens is 405 g/mol. The number of aliphatic carboxylic acids is 1. The van der Waals surface area contributed by atoms with Gasteiger partial charge in [0.25, 0.3) is 5.91 Å². The summed E-state index contributed by atoms with van der Waals surface area (Å²) in [6, 6.07) is 5.60. The van der Waals surface area contributed by atoms with Crippen molar-refractivity contribution in [1.82, 2.24) is 5.32 Å². The van der Waals surface area contributed by atoms with Crippen LogP contribution in [0.3, 0.4) is 0 Å². The summed E-state index contributed by atoms with van der Waals surface area (Å²) in [6.07, 6.45) is 7.04. The molecule has 30 heavy (non-hydrogen) atoms. The third-order valence-corrected chi connectivity index (χ3v) is 6.55. The number of amides is 1. The second-order valence-corrected chi connectivity index (χ2v) is 9.00. The normalized spacial score (nSPS) is 12.3. The summed E-state index contributed by atoms with van der Waals surface area (Å²) in [5.74, 6) is -1.49. The molecule has 168 valence electrons. The van der Waals surface area contributed by atoms with Crippen LogP contribution in [0.1, 0.15) is 68.3 Å². The Kier molecular flexibility index (Phi) is 12.3. The van der Waals surface area contributed by atoms with E-state index in [1.165, 1.54) is 0 Å². The zero-order valence-electron chi connectivity index (χ0n) is 18.0. The fraction of sp³-hybridized carbons (Fsp3) is 0.545. The van der Waals surface area contributed by atoms with Crippen LogP contribution >= 0.6 is 7.60 Å². The van der Waals surface area contributed by atoms with E-state index in [4.69, 9.17) is 9.05 Å². The standard InChI is InChI=1S/C22H34NO6P/c1-4-7-8-9-10-11-12-20(22(25)26)23-21(24)19-15-13-18(14-16-19)17-30(27,28-5-2)29-6-3/h4,13-16,20H,1,5-12,17H2,2-3H3,(H,23,24)(H,25,26)/t20-/m0/s1. The van der Waals surface area contributed by atoms with Gasteiger partial charge in [0.15, 0.2) is 0 Å². The minimum absolute atomic E-state index is 0.111. The van der Waals surface area contributed by atoms with Crippen molar-refractivity contribution in [2.45, 2.75) is 64.6 Å². The molecule has 1 aromatic rings. The lowest BCUT2D eigenvalue weighted by molar-refractivity contribution is -0.139. The Hall–Kier alpha value is -1.95. The highest BCUT2D eigenvalue weighted by molar-refractivity contribution is 7.53. The van der Waals surface area contributed by atoms with Gasteiger partial charge in [0, 0.05) is 5.56 Å². The number of hydrogen-bond donors (Lipinski definition) is 2. The van der Waals surface area contributed by atoms with Crippen LogP contribution in [0.4, 0.5) is 0 Å². The Bertz CT molecular complexity index is 709. The predicted octanol–water partition coefficient (Wildman–Crippen LogP) is 5.16. The summed E-state index contributed by atoms with van der Waals surface area (Å²) in [5, 5.41) is 12.0. The molecule has 0 spiro atoms. The maximum absolute atomic E-state index is 12.6. The first kappa shape index (κ1) is 26.1. The Morgan fingerprint density at radius 3 is 2.23 bits per heavy atom. The van der Waals surface area contributed by atoms with Crippen LogP contribution in [-0.4, -0.2) is 36.2 Å². The molecule has 1 atom stereocenters. The van der Waals surface area contributed by atoms with E-state index in [-0.39, 0.29) is 19.4 Å². The number of carboxylic acid groups (broad SMARTS) is 1. The van der Waals surface area contributed by atoms with Gasteiger partial charge in [-0.05, 0) is 50.8 Å². The first-order chi connectivity index (χ1) is 14.3. The number of nitrogens with one attached hydrogen (secondary N) is 1. The lowest BCUT2D eigenvalue weighted by Crippen LogP contribution is -2.40. The summed E-state index contributed by atoms with van der Waals surface area (Å²) in [4.78, 5) is 23.9. The number of benzene rings is 1. The van der Waals surface area contributed by atoms with E-state index in [1.807, 2.05) is 6.08 Å². The molecule has 1 aromatic carbocycles. The average molecular weight is 439 g/mol. The van der Waals surface area contributed by atoms with Crippen molar-refractivity contribution in [2.24, 2.45) is 0 Å². The highest BCUT2D eigenvalue weighted by Crippen LogP contribution is 2.51. The Labute approximate surface area is 179 Å². The van der Waals surface area contributed by atoms with Crippen LogP contribution in [0, 0.1) is 0 Å². The van der Waals surface area contributed by atoms with E-state index in [2.05, 4.69) is 11.9 Å². The number of allylic oxidation sites excluding steroid dienone is 1. The molecule has 0 heterocycles. The van der Waals surface area contributed by atoms with Gasteiger partial charge < -0.3 is 19.5 Å². The molecule has 0 unspecified atom stereocenters. The van der Waals surface area contributed by atoms with Crippen molar-refractivity contribution >= 4 is 19.5 Å². The SMILES string of the molecule is C=CCCCCCC[C@H](NC(=O)c1ccc(CP(=O)(OCC)OCC)cc1)C(=O)O. The number of unbranched alkanes of at least 4 members (excludes halogenated alkanes) is 4. The third kappa shape index (κ3) is 9.70. The van der Waals surface area contributed by atoms with Crippen molar-refractivity contribution in [3.8, 4) is 0 Å². The molecule has 0 aliphatic carbocycles. The summed E-state index contributed by atoms with van der Waals surface area (Å²) >= 11 is 0. The van der Waals surface area contributed by atoms with E-state index in [9.17, 15) is 19.3 Å². The zero-order valence-corrected chi connectivity index (χ0v) is 18.9. The van der Waals surface area contributed by atoms with Gasteiger partial charge in [-0.15, -0.1) is 6.58 Å². The summed E-state index contributed by atoms with van der Waals surface area (Å²) in [7, 11) is -3.22. The second-order valence-electron chi connectivity index (χ2n) is 6.95. The van der Waals surface area contributed by atoms with Crippen LogP contribution < -0.4 is 5.32 Å². The fourth-order valence-corrected chi connectivity index (χ4v) is 4.70. The number of carboxylic acids is 1.